The molecule has 0 saturated heterocycles. The van der Waals surface area contributed by atoms with E-state index in [-0.39, 0.29) is 5.56 Å². The summed E-state index contributed by atoms with van der Waals surface area (Å²) in [6.07, 6.45) is 3.27. The van der Waals surface area contributed by atoms with E-state index in [1.165, 1.54) is 24.3 Å². The minimum absolute atomic E-state index is 0.224. The van der Waals surface area contributed by atoms with Gasteiger partial charge in [-0.3, -0.25) is 4.98 Å². The summed E-state index contributed by atoms with van der Waals surface area (Å²) in [5.74, 6) is -1.07. The van der Waals surface area contributed by atoms with Crippen molar-refractivity contribution in [1.29, 1.82) is 0 Å². The molecular formula is C19H13FN2O2. The summed E-state index contributed by atoms with van der Waals surface area (Å²) in [7, 11) is 0. The average molecular weight is 320 g/mol. The van der Waals surface area contributed by atoms with Crippen LogP contribution in [0.5, 0.6) is 0 Å². The van der Waals surface area contributed by atoms with Crippen molar-refractivity contribution in [3.05, 3.63) is 102 Å². The molecule has 0 fully saturated rings. The number of nitrogens with zero attached hydrogens (tertiary/aromatic N) is 2. The molecule has 3 rings (SSSR count). The highest BCUT2D eigenvalue weighted by Crippen LogP contribution is 2.12. The maximum absolute atomic E-state index is 12.9. The second-order valence-corrected chi connectivity index (χ2v) is 4.93. The van der Waals surface area contributed by atoms with E-state index in [1.807, 2.05) is 30.3 Å². The molecule has 5 heteroatoms. The number of pyridine rings is 1. The van der Waals surface area contributed by atoms with Gasteiger partial charge in [-0.2, -0.15) is 0 Å². The van der Waals surface area contributed by atoms with Crippen molar-refractivity contribution in [2.75, 3.05) is 0 Å². The van der Waals surface area contributed by atoms with Crippen molar-refractivity contribution >= 4 is 11.7 Å². The van der Waals surface area contributed by atoms with Crippen molar-refractivity contribution in [3.8, 4) is 0 Å². The third kappa shape index (κ3) is 3.70. The van der Waals surface area contributed by atoms with Crippen LogP contribution in [0.15, 0.2) is 84.3 Å². The normalized spacial score (nSPS) is 11.1. The van der Waals surface area contributed by atoms with Crippen LogP contribution in [0, 0.1) is 5.82 Å². The van der Waals surface area contributed by atoms with E-state index in [0.717, 1.165) is 11.1 Å². The standard InChI is InChI=1S/C19H13FN2O2/c20-17-8-6-16(7-9-17)19(23)24-22-18(14-4-2-1-3-5-14)15-10-12-21-13-11-15/h1-13H/b22-18+. The molecule has 0 aliphatic rings. The summed E-state index contributed by atoms with van der Waals surface area (Å²) >= 11 is 0. The first-order valence-electron chi connectivity index (χ1n) is 7.25. The van der Waals surface area contributed by atoms with Gasteiger partial charge in [-0.25, -0.2) is 9.18 Å². The molecule has 0 aliphatic heterocycles. The molecule has 2 aromatic carbocycles. The van der Waals surface area contributed by atoms with Crippen LogP contribution < -0.4 is 0 Å². The first kappa shape index (κ1) is 15.6. The summed E-state index contributed by atoms with van der Waals surface area (Å²) < 4.78 is 12.9. The molecule has 118 valence electrons. The highest BCUT2D eigenvalue weighted by atomic mass is 19.1. The number of halogens is 1. The molecule has 3 aromatic rings. The number of oxime groups is 1. The Balaban J connectivity index is 1.90. The Morgan fingerprint density at radius 2 is 1.46 bits per heavy atom. The number of aromatic nitrogens is 1. The minimum atomic E-state index is -0.655. The maximum atomic E-state index is 12.9. The molecule has 0 saturated carbocycles. The van der Waals surface area contributed by atoms with Crippen molar-refractivity contribution in [2.45, 2.75) is 0 Å². The van der Waals surface area contributed by atoms with Crippen molar-refractivity contribution < 1.29 is 14.0 Å². The second-order valence-electron chi connectivity index (χ2n) is 4.93. The first-order valence-corrected chi connectivity index (χ1v) is 7.25. The smallest absolute Gasteiger partial charge is 0.312 e. The fourth-order valence-electron chi connectivity index (χ4n) is 2.10. The largest absolute Gasteiger partial charge is 0.365 e. The topological polar surface area (TPSA) is 51.5 Å². The van der Waals surface area contributed by atoms with Crippen LogP contribution in [-0.4, -0.2) is 16.7 Å². The quantitative estimate of drug-likeness (QED) is 0.417. The number of hydrogen-bond acceptors (Lipinski definition) is 4. The molecule has 0 radical (unpaired) electrons. The van der Waals surface area contributed by atoms with Gasteiger partial charge in [0.2, 0.25) is 0 Å². The molecule has 0 amide bonds. The van der Waals surface area contributed by atoms with Gasteiger partial charge >= 0.3 is 5.97 Å². The predicted octanol–water partition coefficient (Wildman–Crippen LogP) is 3.83. The lowest BCUT2D eigenvalue weighted by molar-refractivity contribution is 0.0517. The van der Waals surface area contributed by atoms with Gasteiger partial charge in [-0.1, -0.05) is 35.5 Å². The van der Waals surface area contributed by atoms with Crippen LogP contribution in [0.4, 0.5) is 4.39 Å². The fourth-order valence-corrected chi connectivity index (χ4v) is 2.10. The third-order valence-corrected chi connectivity index (χ3v) is 3.30. The van der Waals surface area contributed by atoms with Crippen LogP contribution >= 0.6 is 0 Å². The summed E-state index contributed by atoms with van der Waals surface area (Å²) in [6, 6.07) is 18.0. The Labute approximate surface area is 138 Å². The molecule has 4 nitrogen and oxygen atoms in total. The summed E-state index contributed by atoms with van der Waals surface area (Å²) in [6.45, 7) is 0. The molecule has 1 heterocycles. The van der Waals surface area contributed by atoms with Gasteiger partial charge in [0.15, 0.2) is 0 Å². The molecule has 0 N–H and O–H groups in total. The van der Waals surface area contributed by atoms with E-state index in [9.17, 15) is 9.18 Å². The maximum Gasteiger partial charge on any atom is 0.365 e. The highest BCUT2D eigenvalue weighted by Gasteiger charge is 2.11. The monoisotopic (exact) mass is 320 g/mol. The van der Waals surface area contributed by atoms with Crippen molar-refractivity contribution in [1.82, 2.24) is 4.98 Å². The van der Waals surface area contributed by atoms with E-state index in [0.29, 0.717) is 5.71 Å². The lowest BCUT2D eigenvalue weighted by atomic mass is 10.0. The number of carbonyl (C=O) groups is 1. The van der Waals surface area contributed by atoms with Gasteiger partial charge < -0.3 is 4.84 Å². The van der Waals surface area contributed by atoms with E-state index in [4.69, 9.17) is 4.84 Å². The number of hydrogen-bond donors (Lipinski definition) is 0. The second kappa shape index (κ2) is 7.28. The van der Waals surface area contributed by atoms with Crippen LogP contribution in [0.1, 0.15) is 21.5 Å². The van der Waals surface area contributed by atoms with E-state index in [2.05, 4.69) is 10.1 Å². The molecule has 0 aliphatic carbocycles. The van der Waals surface area contributed by atoms with Gasteiger partial charge in [0.1, 0.15) is 11.5 Å². The summed E-state index contributed by atoms with van der Waals surface area (Å²) in [4.78, 5) is 21.1. The lowest BCUT2D eigenvalue weighted by Gasteiger charge is -2.06. The van der Waals surface area contributed by atoms with Gasteiger partial charge in [0.05, 0.1) is 5.56 Å². The molecular weight excluding hydrogens is 307 g/mol. The van der Waals surface area contributed by atoms with E-state index < -0.39 is 11.8 Å². The highest BCUT2D eigenvalue weighted by molar-refractivity contribution is 6.12. The molecule has 0 atom stereocenters. The number of rotatable bonds is 4. The fraction of sp³-hybridized carbons (Fsp3) is 0. The Morgan fingerprint density at radius 1 is 0.833 bits per heavy atom. The van der Waals surface area contributed by atoms with Crippen LogP contribution in [0.2, 0.25) is 0 Å². The predicted molar refractivity (Wildman–Crippen MR) is 88.1 cm³/mol. The van der Waals surface area contributed by atoms with E-state index in [1.54, 1.807) is 24.5 Å². The van der Waals surface area contributed by atoms with Gasteiger partial charge in [0, 0.05) is 23.5 Å². The van der Waals surface area contributed by atoms with E-state index >= 15 is 0 Å². The zero-order chi connectivity index (χ0) is 16.8. The number of carbonyl (C=O) groups excluding carboxylic acids is 1. The Morgan fingerprint density at radius 3 is 2.12 bits per heavy atom. The van der Waals surface area contributed by atoms with Gasteiger partial charge in [-0.15, -0.1) is 0 Å². The minimum Gasteiger partial charge on any atom is -0.312 e. The summed E-state index contributed by atoms with van der Waals surface area (Å²) in [5.41, 5.74) is 2.30. The number of benzene rings is 2. The van der Waals surface area contributed by atoms with Gasteiger partial charge in [0.25, 0.3) is 0 Å². The Bertz CT molecular complexity index is 806. The summed E-state index contributed by atoms with van der Waals surface area (Å²) in [5, 5.41) is 4.01. The van der Waals surface area contributed by atoms with Crippen molar-refractivity contribution in [2.24, 2.45) is 5.16 Å². The van der Waals surface area contributed by atoms with Crippen LogP contribution in [-0.2, 0) is 4.84 Å². The Hall–Kier alpha value is -3.34. The molecule has 1 aromatic heterocycles. The first-order chi connectivity index (χ1) is 11.7. The molecule has 0 unspecified atom stereocenters. The van der Waals surface area contributed by atoms with Gasteiger partial charge in [-0.05, 0) is 36.4 Å². The molecule has 0 bridgehead atoms. The van der Waals surface area contributed by atoms with Crippen LogP contribution in [0.3, 0.4) is 0 Å². The average Bonchev–Trinajstić information content (AvgIpc) is 2.64. The van der Waals surface area contributed by atoms with Crippen molar-refractivity contribution in [3.63, 3.8) is 0 Å². The molecule has 0 spiro atoms. The SMILES string of the molecule is O=C(O/N=C(\c1ccccc1)c1ccncc1)c1ccc(F)cc1. The zero-order valence-electron chi connectivity index (χ0n) is 12.6. The molecule has 24 heavy (non-hydrogen) atoms. The Kier molecular flexibility index (Phi) is 4.72. The lowest BCUT2D eigenvalue weighted by Crippen LogP contribution is -2.08. The zero-order valence-corrected chi connectivity index (χ0v) is 12.6. The van der Waals surface area contributed by atoms with Crippen LogP contribution in [0.25, 0.3) is 0 Å². The third-order valence-electron chi connectivity index (χ3n) is 3.30.